The Morgan fingerprint density at radius 2 is 1.96 bits per heavy atom. The van der Waals surface area contributed by atoms with Crippen LogP contribution in [0.1, 0.15) is 31.7 Å². The van der Waals surface area contributed by atoms with Gasteiger partial charge in [0.25, 0.3) is 0 Å². The molecule has 0 saturated heterocycles. The highest BCUT2D eigenvalue weighted by molar-refractivity contribution is 5.87. The molecule has 28 heavy (non-hydrogen) atoms. The van der Waals surface area contributed by atoms with Crippen LogP contribution in [0.25, 0.3) is 17.2 Å². The molecular formula is C22H23NO5. The van der Waals surface area contributed by atoms with Crippen molar-refractivity contribution in [3.63, 3.8) is 0 Å². The van der Waals surface area contributed by atoms with Crippen molar-refractivity contribution >= 4 is 23.1 Å². The standard InChI is InChI=1S/C22H23NO5/c1-3-13-26-19-11-9-16(14-20(19)25-4-2)10-12-22(24)27-15-21-23-17-7-5-6-8-18(17)28-21/h5-12,14H,3-4,13,15H2,1-2H3/b12-10+. The van der Waals surface area contributed by atoms with Gasteiger partial charge in [-0.05, 0) is 49.2 Å². The third-order valence-electron chi connectivity index (χ3n) is 3.82. The van der Waals surface area contributed by atoms with Crippen LogP contribution < -0.4 is 9.47 Å². The fourth-order valence-corrected chi connectivity index (χ4v) is 2.55. The first kappa shape index (κ1) is 19.5. The normalized spacial score (nSPS) is 11.1. The molecule has 1 heterocycles. The van der Waals surface area contributed by atoms with Crippen molar-refractivity contribution in [3.05, 3.63) is 60.0 Å². The number of nitrogens with zero attached hydrogens (tertiary/aromatic N) is 1. The van der Waals surface area contributed by atoms with Gasteiger partial charge in [-0.3, -0.25) is 0 Å². The van der Waals surface area contributed by atoms with Gasteiger partial charge in [0.05, 0.1) is 13.2 Å². The third-order valence-corrected chi connectivity index (χ3v) is 3.82. The Morgan fingerprint density at radius 1 is 1.11 bits per heavy atom. The molecule has 0 amide bonds. The molecule has 1 aromatic heterocycles. The second kappa shape index (κ2) is 9.60. The fourth-order valence-electron chi connectivity index (χ4n) is 2.55. The van der Waals surface area contributed by atoms with Crippen LogP contribution >= 0.6 is 0 Å². The summed E-state index contributed by atoms with van der Waals surface area (Å²) in [7, 11) is 0. The van der Waals surface area contributed by atoms with Crippen LogP contribution in [0.4, 0.5) is 0 Å². The van der Waals surface area contributed by atoms with Gasteiger partial charge in [-0.25, -0.2) is 9.78 Å². The second-order valence-electron chi connectivity index (χ2n) is 6.00. The van der Waals surface area contributed by atoms with Gasteiger partial charge in [-0.15, -0.1) is 0 Å². The highest BCUT2D eigenvalue weighted by Crippen LogP contribution is 2.29. The quantitative estimate of drug-likeness (QED) is 0.393. The zero-order chi connectivity index (χ0) is 19.8. The molecule has 0 aliphatic carbocycles. The van der Waals surface area contributed by atoms with Crippen LogP contribution in [0.3, 0.4) is 0 Å². The molecule has 6 nitrogen and oxygen atoms in total. The van der Waals surface area contributed by atoms with Crippen molar-refractivity contribution in [2.24, 2.45) is 0 Å². The van der Waals surface area contributed by atoms with E-state index in [0.717, 1.165) is 17.5 Å². The van der Waals surface area contributed by atoms with Crippen molar-refractivity contribution in [3.8, 4) is 11.5 Å². The number of fused-ring (bicyclic) bond motifs is 1. The Hall–Kier alpha value is -3.28. The van der Waals surface area contributed by atoms with Crippen LogP contribution in [0.15, 0.2) is 53.0 Å². The topological polar surface area (TPSA) is 70.8 Å². The van der Waals surface area contributed by atoms with Crippen molar-refractivity contribution in [2.45, 2.75) is 26.9 Å². The number of carbonyl (C=O) groups is 1. The molecule has 0 fully saturated rings. The minimum Gasteiger partial charge on any atom is -0.490 e. The van der Waals surface area contributed by atoms with E-state index in [0.29, 0.717) is 36.2 Å². The van der Waals surface area contributed by atoms with E-state index in [1.165, 1.54) is 6.08 Å². The molecule has 0 unspecified atom stereocenters. The van der Waals surface area contributed by atoms with Gasteiger partial charge < -0.3 is 18.6 Å². The lowest BCUT2D eigenvalue weighted by Gasteiger charge is -2.11. The zero-order valence-electron chi connectivity index (χ0n) is 16.0. The zero-order valence-corrected chi connectivity index (χ0v) is 16.0. The van der Waals surface area contributed by atoms with Gasteiger partial charge in [-0.1, -0.05) is 25.1 Å². The average molecular weight is 381 g/mol. The Balaban J connectivity index is 1.60. The van der Waals surface area contributed by atoms with E-state index in [4.69, 9.17) is 18.6 Å². The molecule has 3 aromatic rings. The number of esters is 1. The van der Waals surface area contributed by atoms with E-state index >= 15 is 0 Å². The molecule has 0 saturated carbocycles. The maximum atomic E-state index is 12.0. The first-order chi connectivity index (χ1) is 13.7. The fraction of sp³-hybridized carbons (Fsp3) is 0.273. The molecule has 0 bridgehead atoms. The van der Waals surface area contributed by atoms with Gasteiger partial charge in [0.1, 0.15) is 5.52 Å². The minimum absolute atomic E-state index is 0.0220. The Morgan fingerprint density at radius 3 is 2.75 bits per heavy atom. The molecule has 146 valence electrons. The molecule has 0 aliphatic rings. The lowest BCUT2D eigenvalue weighted by atomic mass is 10.2. The number of rotatable bonds is 9. The Bertz CT molecular complexity index is 927. The maximum Gasteiger partial charge on any atom is 0.331 e. The number of aromatic nitrogens is 1. The summed E-state index contributed by atoms with van der Waals surface area (Å²) in [5.41, 5.74) is 2.21. The summed E-state index contributed by atoms with van der Waals surface area (Å²) < 4.78 is 22.0. The second-order valence-corrected chi connectivity index (χ2v) is 6.00. The molecule has 2 aromatic carbocycles. The molecule has 3 rings (SSSR count). The van der Waals surface area contributed by atoms with E-state index in [9.17, 15) is 4.79 Å². The van der Waals surface area contributed by atoms with Crippen LogP contribution in [0.5, 0.6) is 11.5 Å². The Kier molecular flexibility index (Phi) is 6.68. The number of ether oxygens (including phenoxy) is 3. The summed E-state index contributed by atoms with van der Waals surface area (Å²) >= 11 is 0. The summed E-state index contributed by atoms with van der Waals surface area (Å²) in [5.74, 6) is 1.22. The van der Waals surface area contributed by atoms with E-state index < -0.39 is 5.97 Å². The largest absolute Gasteiger partial charge is 0.490 e. The van der Waals surface area contributed by atoms with Crippen molar-refractivity contribution < 1.29 is 23.4 Å². The summed E-state index contributed by atoms with van der Waals surface area (Å²) in [6, 6.07) is 12.9. The molecule has 0 spiro atoms. The number of hydrogen-bond acceptors (Lipinski definition) is 6. The van der Waals surface area contributed by atoms with Gasteiger partial charge in [-0.2, -0.15) is 0 Å². The third kappa shape index (κ3) is 5.13. The molecule has 0 N–H and O–H groups in total. The SMILES string of the molecule is CCCOc1ccc(/C=C/C(=O)OCc2nc3ccccc3o2)cc1OCC. The smallest absolute Gasteiger partial charge is 0.331 e. The number of carbonyl (C=O) groups excluding carboxylic acids is 1. The first-order valence-electron chi connectivity index (χ1n) is 9.28. The predicted molar refractivity (Wildman–Crippen MR) is 106 cm³/mol. The molecule has 6 heteroatoms. The van der Waals surface area contributed by atoms with Crippen LogP contribution in [-0.2, 0) is 16.1 Å². The van der Waals surface area contributed by atoms with Crippen LogP contribution in [0, 0.1) is 0 Å². The van der Waals surface area contributed by atoms with Crippen LogP contribution in [-0.4, -0.2) is 24.2 Å². The summed E-state index contributed by atoms with van der Waals surface area (Å²) in [6.07, 6.45) is 3.94. The van der Waals surface area contributed by atoms with E-state index in [2.05, 4.69) is 4.98 Å². The van der Waals surface area contributed by atoms with Gasteiger partial charge >= 0.3 is 5.97 Å². The lowest BCUT2D eigenvalue weighted by Crippen LogP contribution is -2.01. The van der Waals surface area contributed by atoms with E-state index in [1.54, 1.807) is 6.08 Å². The molecule has 0 aliphatic heterocycles. The summed E-state index contributed by atoms with van der Waals surface area (Å²) in [4.78, 5) is 16.3. The maximum absolute atomic E-state index is 12.0. The van der Waals surface area contributed by atoms with E-state index in [1.807, 2.05) is 56.3 Å². The number of hydrogen-bond donors (Lipinski definition) is 0. The summed E-state index contributed by atoms with van der Waals surface area (Å²) in [5, 5.41) is 0. The monoisotopic (exact) mass is 381 g/mol. The number of benzene rings is 2. The van der Waals surface area contributed by atoms with Crippen molar-refractivity contribution in [1.82, 2.24) is 4.98 Å². The highest BCUT2D eigenvalue weighted by atomic mass is 16.5. The number of para-hydroxylation sites is 2. The highest BCUT2D eigenvalue weighted by Gasteiger charge is 2.08. The summed E-state index contributed by atoms with van der Waals surface area (Å²) in [6.45, 7) is 5.09. The van der Waals surface area contributed by atoms with Crippen molar-refractivity contribution in [2.75, 3.05) is 13.2 Å². The van der Waals surface area contributed by atoms with Gasteiger partial charge in [0.15, 0.2) is 23.7 Å². The first-order valence-corrected chi connectivity index (χ1v) is 9.28. The van der Waals surface area contributed by atoms with Crippen molar-refractivity contribution in [1.29, 1.82) is 0 Å². The lowest BCUT2D eigenvalue weighted by molar-refractivity contribution is -0.139. The Labute approximate surface area is 163 Å². The average Bonchev–Trinajstić information content (AvgIpc) is 3.13. The number of oxazole rings is 1. The van der Waals surface area contributed by atoms with Gasteiger partial charge in [0, 0.05) is 6.08 Å². The minimum atomic E-state index is -0.480. The predicted octanol–water partition coefficient (Wildman–Crippen LogP) is 4.77. The molecule has 0 radical (unpaired) electrons. The molecule has 0 atom stereocenters. The van der Waals surface area contributed by atoms with Crippen LogP contribution in [0.2, 0.25) is 0 Å². The van der Waals surface area contributed by atoms with E-state index in [-0.39, 0.29) is 6.61 Å². The molecular weight excluding hydrogens is 358 g/mol. The van der Waals surface area contributed by atoms with Gasteiger partial charge in [0.2, 0.25) is 5.89 Å².